The van der Waals surface area contributed by atoms with Crippen LogP contribution in [0.5, 0.6) is 0 Å². The van der Waals surface area contributed by atoms with Gasteiger partial charge >= 0.3 is 0 Å². The van der Waals surface area contributed by atoms with E-state index in [4.69, 9.17) is 4.42 Å². The molecule has 10 aromatic rings. The maximum atomic E-state index is 6.41. The van der Waals surface area contributed by atoms with E-state index in [1.807, 2.05) is 12.1 Å². The topological polar surface area (TPSA) is 13.1 Å². The Balaban J connectivity index is 1.12. The van der Waals surface area contributed by atoms with Gasteiger partial charge in [0.25, 0.3) is 0 Å². The zero-order chi connectivity index (χ0) is 34.6. The SMILES string of the molecule is CC1(C)c2cc3ccccc3cc2-c2cccc(-c3c4ccccc4c(-c4ccc(-c5cccc6c5oc5ccccc56)cc4)c4ccccc34)c21. The lowest BCUT2D eigenvalue weighted by Crippen LogP contribution is -2.16. The van der Waals surface area contributed by atoms with Gasteiger partial charge < -0.3 is 4.42 Å². The van der Waals surface area contributed by atoms with Crippen LogP contribution in [-0.4, -0.2) is 0 Å². The summed E-state index contributed by atoms with van der Waals surface area (Å²) in [4.78, 5) is 0. The van der Waals surface area contributed by atoms with E-state index in [1.54, 1.807) is 0 Å². The number of rotatable bonds is 3. The smallest absolute Gasteiger partial charge is 0.143 e. The molecule has 0 amide bonds. The molecule has 11 rings (SSSR count). The summed E-state index contributed by atoms with van der Waals surface area (Å²) >= 11 is 0. The predicted molar refractivity (Wildman–Crippen MR) is 220 cm³/mol. The lowest BCUT2D eigenvalue weighted by atomic mass is 9.76. The quantitative estimate of drug-likeness (QED) is 0.172. The Kier molecular flexibility index (Phi) is 6.08. The van der Waals surface area contributed by atoms with E-state index in [2.05, 4.69) is 172 Å². The van der Waals surface area contributed by atoms with Crippen molar-refractivity contribution in [3.63, 3.8) is 0 Å². The summed E-state index contributed by atoms with van der Waals surface area (Å²) in [6, 6.07) is 62.3. The van der Waals surface area contributed by atoms with Crippen molar-refractivity contribution >= 4 is 54.3 Å². The predicted octanol–water partition coefficient (Wildman–Crippen LogP) is 14.4. The number of hydrogen-bond donors (Lipinski definition) is 0. The fourth-order valence-corrected chi connectivity index (χ4v) is 9.29. The van der Waals surface area contributed by atoms with Gasteiger partial charge in [0.1, 0.15) is 11.2 Å². The molecule has 244 valence electrons. The maximum absolute atomic E-state index is 6.41. The molecule has 0 fully saturated rings. The zero-order valence-corrected chi connectivity index (χ0v) is 29.1. The third-order valence-corrected chi connectivity index (χ3v) is 11.6. The van der Waals surface area contributed by atoms with Crippen LogP contribution < -0.4 is 0 Å². The van der Waals surface area contributed by atoms with Crippen molar-refractivity contribution in [1.82, 2.24) is 0 Å². The number of para-hydroxylation sites is 2. The molecule has 0 aliphatic heterocycles. The first kappa shape index (κ1) is 29.3. The highest BCUT2D eigenvalue weighted by atomic mass is 16.3. The van der Waals surface area contributed by atoms with Crippen molar-refractivity contribution in [2.75, 3.05) is 0 Å². The normalized spacial score (nSPS) is 13.3. The summed E-state index contributed by atoms with van der Waals surface area (Å²) in [5, 5.41) is 9.96. The van der Waals surface area contributed by atoms with Gasteiger partial charge in [-0.1, -0.05) is 166 Å². The first-order chi connectivity index (χ1) is 25.6. The van der Waals surface area contributed by atoms with Gasteiger partial charge in [-0.15, -0.1) is 0 Å². The van der Waals surface area contributed by atoms with Crippen LogP contribution in [0.3, 0.4) is 0 Å². The highest BCUT2D eigenvalue weighted by Gasteiger charge is 2.38. The Bertz CT molecular complexity index is 3030. The second-order valence-electron chi connectivity index (χ2n) is 14.8. The Morgan fingerprint density at radius 3 is 1.62 bits per heavy atom. The van der Waals surface area contributed by atoms with Gasteiger partial charge in [0.2, 0.25) is 0 Å². The van der Waals surface area contributed by atoms with Gasteiger partial charge in [-0.2, -0.15) is 0 Å². The summed E-state index contributed by atoms with van der Waals surface area (Å²) in [5.74, 6) is 0. The third-order valence-electron chi connectivity index (χ3n) is 11.6. The van der Waals surface area contributed by atoms with Gasteiger partial charge in [0.15, 0.2) is 0 Å². The molecule has 0 N–H and O–H groups in total. The van der Waals surface area contributed by atoms with Gasteiger partial charge in [0, 0.05) is 21.8 Å². The number of fused-ring (bicyclic) bond motifs is 9. The zero-order valence-electron chi connectivity index (χ0n) is 29.1. The van der Waals surface area contributed by atoms with E-state index in [9.17, 15) is 0 Å². The number of benzene rings is 9. The van der Waals surface area contributed by atoms with Gasteiger partial charge in [-0.05, 0) is 101 Å². The van der Waals surface area contributed by atoms with Gasteiger partial charge in [-0.3, -0.25) is 0 Å². The molecule has 1 heterocycles. The summed E-state index contributed by atoms with van der Waals surface area (Å²) in [5.41, 5.74) is 14.6. The molecule has 1 heteroatoms. The van der Waals surface area contributed by atoms with Gasteiger partial charge in [0.05, 0.1) is 0 Å². The molecule has 0 spiro atoms. The van der Waals surface area contributed by atoms with Crippen molar-refractivity contribution in [3.05, 3.63) is 181 Å². The Morgan fingerprint density at radius 1 is 0.385 bits per heavy atom. The van der Waals surface area contributed by atoms with E-state index in [0.717, 1.165) is 33.1 Å². The fraction of sp³-hybridized carbons (Fsp3) is 0.0588. The minimum absolute atomic E-state index is 0.162. The lowest BCUT2D eigenvalue weighted by Gasteiger charge is -2.26. The lowest BCUT2D eigenvalue weighted by molar-refractivity contribution is 0.663. The van der Waals surface area contributed by atoms with Crippen molar-refractivity contribution in [2.45, 2.75) is 19.3 Å². The van der Waals surface area contributed by atoms with Crippen LogP contribution in [0.2, 0.25) is 0 Å². The second kappa shape index (κ2) is 10.8. The first-order valence-electron chi connectivity index (χ1n) is 18.2. The molecule has 0 saturated carbocycles. The van der Waals surface area contributed by atoms with Crippen molar-refractivity contribution in [2.24, 2.45) is 0 Å². The largest absolute Gasteiger partial charge is 0.455 e. The molecular formula is C51H34O. The number of hydrogen-bond acceptors (Lipinski definition) is 1. The Morgan fingerprint density at radius 2 is 0.904 bits per heavy atom. The van der Waals surface area contributed by atoms with E-state index < -0.39 is 0 Å². The minimum Gasteiger partial charge on any atom is -0.455 e. The number of furan rings is 1. The third kappa shape index (κ3) is 4.05. The summed E-state index contributed by atoms with van der Waals surface area (Å²) in [6.07, 6.45) is 0. The van der Waals surface area contributed by atoms with Crippen LogP contribution in [0.15, 0.2) is 174 Å². The average Bonchev–Trinajstić information content (AvgIpc) is 3.68. The molecule has 1 aliphatic carbocycles. The summed E-state index contributed by atoms with van der Waals surface area (Å²) in [6.45, 7) is 4.81. The van der Waals surface area contributed by atoms with Crippen LogP contribution >= 0.6 is 0 Å². The Labute approximate surface area is 302 Å². The van der Waals surface area contributed by atoms with Crippen molar-refractivity contribution in [1.29, 1.82) is 0 Å². The molecular weight excluding hydrogens is 629 g/mol. The second-order valence-corrected chi connectivity index (χ2v) is 14.8. The molecule has 52 heavy (non-hydrogen) atoms. The molecule has 1 aromatic heterocycles. The highest BCUT2D eigenvalue weighted by Crippen LogP contribution is 2.55. The molecule has 9 aromatic carbocycles. The van der Waals surface area contributed by atoms with Crippen molar-refractivity contribution in [3.8, 4) is 44.5 Å². The maximum Gasteiger partial charge on any atom is 0.143 e. The molecule has 0 unspecified atom stereocenters. The van der Waals surface area contributed by atoms with Crippen LogP contribution in [0, 0.1) is 0 Å². The van der Waals surface area contributed by atoms with E-state index in [-0.39, 0.29) is 5.41 Å². The monoisotopic (exact) mass is 662 g/mol. The minimum atomic E-state index is -0.162. The van der Waals surface area contributed by atoms with Crippen molar-refractivity contribution < 1.29 is 4.42 Å². The molecule has 0 radical (unpaired) electrons. The molecule has 0 bridgehead atoms. The molecule has 0 atom stereocenters. The average molecular weight is 663 g/mol. The van der Waals surface area contributed by atoms with Crippen LogP contribution in [-0.2, 0) is 5.41 Å². The molecule has 1 aliphatic rings. The fourth-order valence-electron chi connectivity index (χ4n) is 9.29. The standard InChI is InChI=1S/C51H34O/c1-51(2)45-30-34-14-4-3-13-33(34)29-44(45)41-21-12-23-43(49(41)51)48-39-18-7-5-16-37(39)47(38-17-6-8-19-40(38)48)32-27-25-31(26-28-32)35-20-11-22-42-36-15-9-10-24-46(36)52-50(35)42/h3-30H,1-2H3. The van der Waals surface area contributed by atoms with Crippen LogP contribution in [0.25, 0.3) is 98.8 Å². The Hall–Kier alpha value is -6.44. The van der Waals surface area contributed by atoms with Crippen LogP contribution in [0.4, 0.5) is 0 Å². The van der Waals surface area contributed by atoms with Crippen LogP contribution in [0.1, 0.15) is 25.0 Å². The van der Waals surface area contributed by atoms with E-state index >= 15 is 0 Å². The van der Waals surface area contributed by atoms with Gasteiger partial charge in [-0.25, -0.2) is 0 Å². The van der Waals surface area contributed by atoms with E-state index in [0.29, 0.717) is 0 Å². The molecule has 0 saturated heterocycles. The van der Waals surface area contributed by atoms with E-state index in [1.165, 1.54) is 76.8 Å². The summed E-state index contributed by atoms with van der Waals surface area (Å²) in [7, 11) is 0. The molecule has 1 nitrogen and oxygen atoms in total. The highest BCUT2D eigenvalue weighted by molar-refractivity contribution is 6.22. The summed E-state index contributed by atoms with van der Waals surface area (Å²) < 4.78 is 6.41. The first-order valence-corrected chi connectivity index (χ1v) is 18.2.